The Balaban J connectivity index is 1.46. The molecule has 36 heavy (non-hydrogen) atoms. The van der Waals surface area contributed by atoms with Crippen LogP contribution in [-0.4, -0.2) is 61.2 Å². The van der Waals surface area contributed by atoms with Gasteiger partial charge in [0.25, 0.3) is 5.91 Å². The molecule has 1 atom stereocenters. The van der Waals surface area contributed by atoms with Crippen molar-refractivity contribution in [3.05, 3.63) is 47.0 Å². The van der Waals surface area contributed by atoms with Crippen molar-refractivity contribution >= 4 is 58.6 Å². The summed E-state index contributed by atoms with van der Waals surface area (Å²) >= 11 is 6.24. The molecular formula is C22H22ClN9O4. The van der Waals surface area contributed by atoms with Gasteiger partial charge in [-0.05, 0) is 31.9 Å². The maximum absolute atomic E-state index is 12.8. The predicted molar refractivity (Wildman–Crippen MR) is 130 cm³/mol. The third-order valence-electron chi connectivity index (χ3n) is 5.43. The van der Waals surface area contributed by atoms with Gasteiger partial charge in [-0.3, -0.25) is 14.6 Å². The van der Waals surface area contributed by atoms with Crippen molar-refractivity contribution in [1.29, 1.82) is 0 Å². The number of aromatic nitrogens is 4. The number of pyridine rings is 1. The molecule has 3 amide bonds. The van der Waals surface area contributed by atoms with E-state index in [1.165, 1.54) is 25.4 Å². The summed E-state index contributed by atoms with van der Waals surface area (Å²) in [5.41, 5.74) is 6.97. The Labute approximate surface area is 209 Å². The molecule has 0 unspecified atom stereocenters. The van der Waals surface area contributed by atoms with Crippen LogP contribution in [0, 0.1) is 0 Å². The normalized spacial score (nSPS) is 17.4. The fourth-order valence-corrected chi connectivity index (χ4v) is 3.57. The molecule has 186 valence electrons. The largest absolute Gasteiger partial charge is 0.442 e. The Morgan fingerprint density at radius 2 is 2.19 bits per heavy atom. The molecule has 3 aromatic rings. The summed E-state index contributed by atoms with van der Waals surface area (Å²) in [6, 6.07) is 2.26. The Bertz CT molecular complexity index is 1400. The van der Waals surface area contributed by atoms with E-state index in [1.807, 2.05) is 6.07 Å². The molecule has 3 aromatic heterocycles. The lowest BCUT2D eigenvalue weighted by Crippen LogP contribution is -2.37. The molecule has 5 rings (SSSR count). The summed E-state index contributed by atoms with van der Waals surface area (Å²) < 4.78 is 6.53. The molecule has 0 spiro atoms. The summed E-state index contributed by atoms with van der Waals surface area (Å²) in [7, 11) is 0. The SMILES string of the molecule is C[C@H](N)C(=O)OCN1C(=O)N/C(=C\c2cnn3c(NC4CC4)cc(Nc4ccncc4Cl)nc23)C1=O. The Kier molecular flexibility index (Phi) is 6.16. The first kappa shape index (κ1) is 23.5. The molecule has 1 saturated heterocycles. The third-order valence-corrected chi connectivity index (χ3v) is 5.73. The second-order valence-corrected chi connectivity index (χ2v) is 8.77. The average Bonchev–Trinajstić information content (AvgIpc) is 3.51. The highest BCUT2D eigenvalue weighted by Crippen LogP contribution is 2.30. The molecule has 13 nitrogen and oxygen atoms in total. The number of carbonyl (C=O) groups excluding carboxylic acids is 3. The van der Waals surface area contributed by atoms with Crippen molar-refractivity contribution in [1.82, 2.24) is 29.8 Å². The number of imide groups is 1. The lowest BCUT2D eigenvalue weighted by Gasteiger charge is -2.13. The number of ether oxygens (including phenoxy) is 1. The van der Waals surface area contributed by atoms with Gasteiger partial charge in [0, 0.05) is 30.1 Å². The first-order valence-electron chi connectivity index (χ1n) is 11.1. The van der Waals surface area contributed by atoms with E-state index in [4.69, 9.17) is 22.1 Å². The number of anilines is 3. The van der Waals surface area contributed by atoms with Crippen LogP contribution in [0.1, 0.15) is 25.3 Å². The van der Waals surface area contributed by atoms with E-state index in [1.54, 1.807) is 16.8 Å². The molecule has 1 aliphatic heterocycles. The number of nitrogens with one attached hydrogen (secondary N) is 3. The molecule has 2 fully saturated rings. The first-order chi connectivity index (χ1) is 17.3. The van der Waals surface area contributed by atoms with E-state index in [2.05, 4.69) is 31.0 Å². The van der Waals surface area contributed by atoms with Crippen LogP contribution in [0.5, 0.6) is 0 Å². The number of halogens is 1. The van der Waals surface area contributed by atoms with Crippen molar-refractivity contribution in [2.24, 2.45) is 5.73 Å². The summed E-state index contributed by atoms with van der Waals surface area (Å²) in [6.07, 6.45) is 8.22. The van der Waals surface area contributed by atoms with Gasteiger partial charge in [-0.1, -0.05) is 11.6 Å². The summed E-state index contributed by atoms with van der Waals surface area (Å²) in [5, 5.41) is 13.9. The van der Waals surface area contributed by atoms with E-state index in [9.17, 15) is 14.4 Å². The number of rotatable bonds is 8. The minimum absolute atomic E-state index is 0.0132. The maximum atomic E-state index is 12.8. The summed E-state index contributed by atoms with van der Waals surface area (Å²) in [6.45, 7) is 0.890. The van der Waals surface area contributed by atoms with Gasteiger partial charge >= 0.3 is 12.0 Å². The van der Waals surface area contributed by atoms with Crippen LogP contribution in [0.2, 0.25) is 5.02 Å². The predicted octanol–water partition coefficient (Wildman–Crippen LogP) is 1.84. The standard InChI is InChI=1S/C22H22ClN9O4/c1-11(24)21(34)36-10-31-20(33)16(29-22(31)35)6-12-8-26-32-18(27-13-2-3-13)7-17(30-19(12)32)28-15-4-5-25-9-14(15)23/h4-9,11,13,27H,2-3,10,24H2,1H3,(H,29,35)(H,25,28,30)/b16-6-/t11-/m0/s1. The van der Waals surface area contributed by atoms with Gasteiger partial charge in [-0.25, -0.2) is 14.7 Å². The van der Waals surface area contributed by atoms with E-state index in [0.29, 0.717) is 39.6 Å². The number of nitrogens with two attached hydrogens (primary N) is 1. The van der Waals surface area contributed by atoms with Gasteiger partial charge in [0.15, 0.2) is 12.4 Å². The third kappa shape index (κ3) is 4.78. The number of hydrogen-bond donors (Lipinski definition) is 4. The number of esters is 1. The zero-order valence-electron chi connectivity index (χ0n) is 19.1. The molecule has 0 aromatic carbocycles. The second kappa shape index (κ2) is 9.43. The number of fused-ring (bicyclic) bond motifs is 1. The van der Waals surface area contributed by atoms with Gasteiger partial charge in [0.1, 0.15) is 23.4 Å². The fourth-order valence-electron chi connectivity index (χ4n) is 3.40. The molecule has 0 radical (unpaired) electrons. The minimum atomic E-state index is -0.881. The maximum Gasteiger partial charge on any atom is 0.331 e. The van der Waals surface area contributed by atoms with Crippen LogP contribution in [0.4, 0.5) is 22.1 Å². The van der Waals surface area contributed by atoms with Gasteiger partial charge in [0.2, 0.25) is 0 Å². The van der Waals surface area contributed by atoms with E-state index in [-0.39, 0.29) is 5.70 Å². The lowest BCUT2D eigenvalue weighted by atomic mass is 10.2. The van der Waals surface area contributed by atoms with Gasteiger partial charge < -0.3 is 26.4 Å². The fraction of sp³-hybridized carbons (Fsp3) is 0.273. The quantitative estimate of drug-likeness (QED) is 0.199. The summed E-state index contributed by atoms with van der Waals surface area (Å²) in [4.78, 5) is 46.1. The van der Waals surface area contributed by atoms with Crippen LogP contribution in [-0.2, 0) is 14.3 Å². The molecule has 1 saturated carbocycles. The topological polar surface area (TPSA) is 169 Å². The van der Waals surface area contributed by atoms with Crippen LogP contribution in [0.15, 0.2) is 36.4 Å². The van der Waals surface area contributed by atoms with Crippen LogP contribution < -0.4 is 21.7 Å². The molecule has 2 aliphatic rings. The van der Waals surface area contributed by atoms with Crippen molar-refractivity contribution in [3.8, 4) is 0 Å². The average molecular weight is 512 g/mol. The van der Waals surface area contributed by atoms with Crippen molar-refractivity contribution in [2.45, 2.75) is 31.8 Å². The molecule has 0 bridgehead atoms. The van der Waals surface area contributed by atoms with Gasteiger partial charge in [-0.15, -0.1) is 0 Å². The molecule has 1 aliphatic carbocycles. The van der Waals surface area contributed by atoms with Crippen LogP contribution >= 0.6 is 11.6 Å². The Hall–Kier alpha value is -4.23. The van der Waals surface area contributed by atoms with Crippen molar-refractivity contribution < 1.29 is 19.1 Å². The van der Waals surface area contributed by atoms with Crippen LogP contribution in [0.25, 0.3) is 11.7 Å². The monoisotopic (exact) mass is 511 g/mol. The Morgan fingerprint density at radius 3 is 2.92 bits per heavy atom. The van der Waals surface area contributed by atoms with Crippen molar-refractivity contribution in [3.63, 3.8) is 0 Å². The highest BCUT2D eigenvalue weighted by molar-refractivity contribution is 6.33. The van der Waals surface area contributed by atoms with E-state index >= 15 is 0 Å². The molecular weight excluding hydrogens is 490 g/mol. The number of hydrogen-bond acceptors (Lipinski definition) is 10. The zero-order valence-corrected chi connectivity index (χ0v) is 19.8. The lowest BCUT2D eigenvalue weighted by molar-refractivity contribution is -0.149. The smallest absolute Gasteiger partial charge is 0.331 e. The second-order valence-electron chi connectivity index (χ2n) is 8.36. The van der Waals surface area contributed by atoms with Crippen molar-refractivity contribution in [2.75, 3.05) is 17.4 Å². The first-order valence-corrected chi connectivity index (χ1v) is 11.5. The molecule has 5 N–H and O–H groups in total. The number of urea groups is 1. The van der Waals surface area contributed by atoms with Gasteiger partial charge in [0.05, 0.1) is 16.9 Å². The highest BCUT2D eigenvalue weighted by atomic mass is 35.5. The molecule has 4 heterocycles. The number of carbonyl (C=O) groups is 3. The van der Waals surface area contributed by atoms with E-state index < -0.39 is 30.7 Å². The zero-order chi connectivity index (χ0) is 25.4. The minimum Gasteiger partial charge on any atom is -0.442 e. The Morgan fingerprint density at radius 1 is 1.39 bits per heavy atom. The van der Waals surface area contributed by atoms with E-state index in [0.717, 1.165) is 17.7 Å². The number of amides is 3. The van der Waals surface area contributed by atoms with Gasteiger partial charge in [-0.2, -0.15) is 9.61 Å². The number of nitrogens with zero attached hydrogens (tertiary/aromatic N) is 5. The summed E-state index contributed by atoms with van der Waals surface area (Å²) in [5.74, 6) is -0.202. The highest BCUT2D eigenvalue weighted by Gasteiger charge is 2.35. The molecule has 14 heteroatoms. The van der Waals surface area contributed by atoms with Crippen LogP contribution in [0.3, 0.4) is 0 Å².